The quantitative estimate of drug-likeness (QED) is 0.598. The zero-order valence-electron chi connectivity index (χ0n) is 10.9. The van der Waals surface area contributed by atoms with Crippen LogP contribution in [-0.4, -0.2) is 18.2 Å². The molecule has 0 spiro atoms. The Morgan fingerprint density at radius 1 is 1.05 bits per heavy atom. The molecule has 0 aliphatic carbocycles. The molecule has 0 unspecified atom stereocenters. The van der Waals surface area contributed by atoms with Crippen LogP contribution in [0.3, 0.4) is 0 Å². The predicted molar refractivity (Wildman–Crippen MR) is 89.4 cm³/mol. The number of amides is 1. The topological polar surface area (TPSA) is 72.2 Å². The highest BCUT2D eigenvalue weighted by molar-refractivity contribution is 9.11. The molecule has 3 N–H and O–H groups in total. The number of ketones is 1. The van der Waals surface area contributed by atoms with Crippen LogP contribution in [-0.2, 0) is 0 Å². The maximum absolute atomic E-state index is 12.1. The van der Waals surface area contributed by atoms with Gasteiger partial charge in [-0.2, -0.15) is 0 Å². The van der Waals surface area contributed by atoms with Crippen LogP contribution < -0.4 is 11.1 Å². The average molecular weight is 412 g/mol. The summed E-state index contributed by atoms with van der Waals surface area (Å²) in [5, 5.41) is 2.58. The number of Topliss-reactive ketones (excluding diaryl/α,β-unsaturated/α-hetero) is 1. The number of nitrogens with one attached hydrogen (secondary N) is 1. The summed E-state index contributed by atoms with van der Waals surface area (Å²) in [5.74, 6) is -0.549. The second-order valence-corrected chi connectivity index (χ2v) is 6.09. The number of rotatable bonds is 4. The number of carbonyl (C=O) groups excluding carboxylic acids is 2. The van der Waals surface area contributed by atoms with Gasteiger partial charge in [0.1, 0.15) is 0 Å². The summed E-state index contributed by atoms with van der Waals surface area (Å²) in [6.45, 7) is -0.0899. The summed E-state index contributed by atoms with van der Waals surface area (Å²) in [5.41, 5.74) is 6.98. The number of hydrogen-bond donors (Lipinski definition) is 2. The average Bonchev–Trinajstić information content (AvgIpc) is 2.45. The summed E-state index contributed by atoms with van der Waals surface area (Å²) in [6, 6.07) is 12.0. The Balaban J connectivity index is 2.04. The molecular weight excluding hydrogens is 400 g/mol. The SMILES string of the molecule is Nc1ccccc1C(=O)NCC(=O)c1ccc(Br)cc1Br. The van der Waals surface area contributed by atoms with Crippen molar-refractivity contribution in [2.45, 2.75) is 0 Å². The highest BCUT2D eigenvalue weighted by Gasteiger charge is 2.13. The van der Waals surface area contributed by atoms with Gasteiger partial charge in [0.2, 0.25) is 0 Å². The lowest BCUT2D eigenvalue weighted by Crippen LogP contribution is -2.30. The fourth-order valence-corrected chi connectivity index (χ4v) is 3.04. The van der Waals surface area contributed by atoms with Crippen LogP contribution in [0.1, 0.15) is 20.7 Å². The van der Waals surface area contributed by atoms with E-state index in [1.807, 2.05) is 0 Å². The Morgan fingerprint density at radius 2 is 1.76 bits per heavy atom. The first-order valence-corrected chi connectivity index (χ1v) is 7.68. The first-order chi connectivity index (χ1) is 9.99. The Hall–Kier alpha value is -1.66. The minimum atomic E-state index is -0.366. The van der Waals surface area contributed by atoms with Crippen molar-refractivity contribution in [1.29, 1.82) is 0 Å². The molecule has 1 amide bonds. The first kappa shape index (κ1) is 15.7. The van der Waals surface area contributed by atoms with Crippen LogP contribution >= 0.6 is 31.9 Å². The van der Waals surface area contributed by atoms with Gasteiger partial charge in [0.25, 0.3) is 5.91 Å². The van der Waals surface area contributed by atoms with Gasteiger partial charge in [-0.25, -0.2) is 0 Å². The van der Waals surface area contributed by atoms with E-state index in [2.05, 4.69) is 37.2 Å². The van der Waals surface area contributed by atoms with Gasteiger partial charge in [-0.15, -0.1) is 0 Å². The van der Waals surface area contributed by atoms with Gasteiger partial charge in [-0.1, -0.05) is 44.0 Å². The van der Waals surface area contributed by atoms with Crippen LogP contribution in [0, 0.1) is 0 Å². The van der Waals surface area contributed by atoms with Crippen molar-refractivity contribution in [3.05, 3.63) is 62.5 Å². The molecule has 21 heavy (non-hydrogen) atoms. The maximum atomic E-state index is 12.1. The number of halogens is 2. The van der Waals surface area contributed by atoms with Gasteiger partial charge >= 0.3 is 0 Å². The standard InChI is InChI=1S/C15H12Br2N2O2/c16-9-5-6-10(12(17)7-9)14(20)8-19-15(21)11-3-1-2-4-13(11)18/h1-7H,8,18H2,(H,19,21). The molecule has 0 bridgehead atoms. The van der Waals surface area contributed by atoms with Crippen LogP contribution in [0.4, 0.5) is 5.69 Å². The largest absolute Gasteiger partial charge is 0.398 e. The summed E-state index contributed by atoms with van der Waals surface area (Å²) >= 11 is 6.65. The lowest BCUT2D eigenvalue weighted by Gasteiger charge is -2.08. The lowest BCUT2D eigenvalue weighted by atomic mass is 10.1. The number of anilines is 1. The van der Waals surface area contributed by atoms with Crippen molar-refractivity contribution in [3.63, 3.8) is 0 Å². The molecule has 2 aromatic rings. The highest BCUT2D eigenvalue weighted by atomic mass is 79.9. The van der Waals surface area contributed by atoms with Crippen molar-refractivity contribution >= 4 is 49.2 Å². The number of hydrogen-bond acceptors (Lipinski definition) is 3. The van der Waals surface area contributed by atoms with Crippen molar-refractivity contribution in [2.75, 3.05) is 12.3 Å². The van der Waals surface area contributed by atoms with E-state index in [9.17, 15) is 9.59 Å². The van der Waals surface area contributed by atoms with E-state index in [4.69, 9.17) is 5.73 Å². The Labute approximate surface area is 139 Å². The third-order valence-electron chi connectivity index (χ3n) is 2.85. The van der Waals surface area contributed by atoms with Gasteiger partial charge < -0.3 is 11.1 Å². The van der Waals surface area contributed by atoms with E-state index in [-0.39, 0.29) is 18.2 Å². The number of nitrogen functional groups attached to an aromatic ring is 1. The van der Waals surface area contributed by atoms with E-state index < -0.39 is 0 Å². The molecule has 0 radical (unpaired) electrons. The summed E-state index contributed by atoms with van der Waals surface area (Å²) in [4.78, 5) is 24.1. The zero-order valence-corrected chi connectivity index (χ0v) is 14.1. The van der Waals surface area contributed by atoms with E-state index in [0.717, 1.165) is 4.47 Å². The molecule has 108 valence electrons. The molecular formula is C15H12Br2N2O2. The molecule has 0 aliphatic heterocycles. The molecule has 0 saturated heterocycles. The minimum absolute atomic E-state index is 0.0899. The predicted octanol–water partition coefficient (Wildman–Crippen LogP) is 3.41. The Kier molecular flexibility index (Phi) is 5.14. The van der Waals surface area contributed by atoms with Crippen molar-refractivity contribution in [2.24, 2.45) is 0 Å². The number of carbonyl (C=O) groups is 2. The summed E-state index contributed by atoms with van der Waals surface area (Å²) in [6.07, 6.45) is 0. The van der Waals surface area contributed by atoms with Crippen LogP contribution in [0.2, 0.25) is 0 Å². The van der Waals surface area contributed by atoms with E-state index in [1.165, 1.54) is 0 Å². The summed E-state index contributed by atoms with van der Waals surface area (Å²) < 4.78 is 1.54. The molecule has 6 heteroatoms. The van der Waals surface area contributed by atoms with Crippen molar-refractivity contribution in [3.8, 4) is 0 Å². The number of benzene rings is 2. The smallest absolute Gasteiger partial charge is 0.253 e. The highest BCUT2D eigenvalue weighted by Crippen LogP contribution is 2.22. The normalized spacial score (nSPS) is 10.2. The monoisotopic (exact) mass is 410 g/mol. The van der Waals surface area contributed by atoms with Gasteiger partial charge in [-0.05, 0) is 30.3 Å². The van der Waals surface area contributed by atoms with E-state index in [0.29, 0.717) is 21.3 Å². The molecule has 0 fully saturated rings. The van der Waals surface area contributed by atoms with E-state index >= 15 is 0 Å². The van der Waals surface area contributed by atoms with Gasteiger partial charge in [0.15, 0.2) is 5.78 Å². The number of nitrogens with two attached hydrogens (primary N) is 1. The van der Waals surface area contributed by atoms with Gasteiger partial charge in [-0.3, -0.25) is 9.59 Å². The second kappa shape index (κ2) is 6.87. The maximum Gasteiger partial charge on any atom is 0.253 e. The van der Waals surface area contributed by atoms with Gasteiger partial charge in [0, 0.05) is 20.2 Å². The third-order valence-corrected chi connectivity index (χ3v) is 4.00. The fourth-order valence-electron chi connectivity index (χ4n) is 1.77. The summed E-state index contributed by atoms with van der Waals surface area (Å²) in [7, 11) is 0. The zero-order chi connectivity index (χ0) is 15.4. The molecule has 0 aliphatic rings. The second-order valence-electron chi connectivity index (χ2n) is 4.32. The number of para-hydroxylation sites is 1. The van der Waals surface area contributed by atoms with Crippen molar-refractivity contribution < 1.29 is 9.59 Å². The Bertz CT molecular complexity index is 702. The molecule has 0 aromatic heterocycles. The lowest BCUT2D eigenvalue weighted by molar-refractivity contribution is 0.0904. The molecule has 0 saturated carbocycles. The third kappa shape index (κ3) is 3.92. The molecule has 2 rings (SSSR count). The Morgan fingerprint density at radius 3 is 2.43 bits per heavy atom. The molecule has 4 nitrogen and oxygen atoms in total. The molecule has 0 heterocycles. The first-order valence-electron chi connectivity index (χ1n) is 6.10. The molecule has 0 atom stereocenters. The van der Waals surface area contributed by atoms with Gasteiger partial charge in [0.05, 0.1) is 12.1 Å². The minimum Gasteiger partial charge on any atom is -0.398 e. The van der Waals surface area contributed by atoms with E-state index in [1.54, 1.807) is 42.5 Å². The van der Waals surface area contributed by atoms with Crippen molar-refractivity contribution in [1.82, 2.24) is 5.32 Å². The fraction of sp³-hybridized carbons (Fsp3) is 0.0667. The van der Waals surface area contributed by atoms with Crippen LogP contribution in [0.25, 0.3) is 0 Å². The molecule has 2 aromatic carbocycles. The van der Waals surface area contributed by atoms with Crippen LogP contribution in [0.5, 0.6) is 0 Å². The van der Waals surface area contributed by atoms with Crippen LogP contribution in [0.15, 0.2) is 51.4 Å².